The van der Waals surface area contributed by atoms with Crippen LogP contribution in [0.15, 0.2) is 96.4 Å². The molecule has 0 aliphatic rings. The second-order valence-electron chi connectivity index (χ2n) is 8.43. The third-order valence-electron chi connectivity index (χ3n) is 6.00. The molecule has 0 aliphatic carbocycles. The van der Waals surface area contributed by atoms with Crippen molar-refractivity contribution in [3.8, 4) is 22.7 Å². The zero-order valence-electron chi connectivity index (χ0n) is 19.6. The molecule has 176 valence electrons. The van der Waals surface area contributed by atoms with Gasteiger partial charge in [-0.3, -0.25) is 4.79 Å². The highest BCUT2D eigenvalue weighted by molar-refractivity contribution is 7.15. The van der Waals surface area contributed by atoms with Gasteiger partial charge < -0.3 is 4.74 Å². The van der Waals surface area contributed by atoms with Gasteiger partial charge >= 0.3 is 0 Å². The van der Waals surface area contributed by atoms with E-state index in [2.05, 4.69) is 17.6 Å². The SMILES string of the molecule is C=CCOc1ccc(-c2nn(-c3ccccc3)cc2C=c2sc3nc4ccccc4n3c2=O)cc1C. The van der Waals surface area contributed by atoms with E-state index in [1.807, 2.05) is 90.6 Å². The van der Waals surface area contributed by atoms with Crippen molar-refractivity contribution in [3.05, 3.63) is 118 Å². The van der Waals surface area contributed by atoms with Gasteiger partial charge in [0.1, 0.15) is 18.1 Å². The number of imidazole rings is 1. The van der Waals surface area contributed by atoms with Crippen LogP contribution in [0.5, 0.6) is 5.75 Å². The third kappa shape index (κ3) is 3.79. The quantitative estimate of drug-likeness (QED) is 0.302. The maximum atomic E-state index is 13.4. The molecule has 7 heteroatoms. The summed E-state index contributed by atoms with van der Waals surface area (Å²) in [6.07, 6.45) is 5.60. The Hall–Kier alpha value is -4.49. The standard InChI is InChI=1S/C29H22N4O2S/c1-3-15-35-25-14-13-20(16-19(25)2)27-21(18-32(31-27)22-9-5-4-6-10-22)17-26-28(34)33-24-12-8-7-11-23(24)30-29(33)36-26/h3-14,16-18H,1,15H2,2H3. The van der Waals surface area contributed by atoms with Crippen molar-refractivity contribution < 1.29 is 4.74 Å². The highest BCUT2D eigenvalue weighted by atomic mass is 32.1. The first kappa shape index (κ1) is 22.0. The lowest BCUT2D eigenvalue weighted by Crippen LogP contribution is -2.22. The Bertz CT molecular complexity index is 1850. The van der Waals surface area contributed by atoms with Crippen LogP contribution in [0, 0.1) is 6.92 Å². The van der Waals surface area contributed by atoms with Crippen molar-refractivity contribution in [2.75, 3.05) is 6.61 Å². The van der Waals surface area contributed by atoms with Gasteiger partial charge in [0.15, 0.2) is 4.96 Å². The van der Waals surface area contributed by atoms with Crippen molar-refractivity contribution in [3.63, 3.8) is 0 Å². The zero-order valence-corrected chi connectivity index (χ0v) is 20.4. The molecule has 3 aromatic heterocycles. The van der Waals surface area contributed by atoms with E-state index in [0.29, 0.717) is 16.1 Å². The molecule has 3 aromatic carbocycles. The lowest BCUT2D eigenvalue weighted by molar-refractivity contribution is 0.361. The van der Waals surface area contributed by atoms with Crippen molar-refractivity contribution in [2.45, 2.75) is 6.92 Å². The maximum Gasteiger partial charge on any atom is 0.274 e. The van der Waals surface area contributed by atoms with E-state index in [0.717, 1.165) is 44.9 Å². The van der Waals surface area contributed by atoms with Crippen LogP contribution in [0.2, 0.25) is 0 Å². The highest BCUT2D eigenvalue weighted by Crippen LogP contribution is 2.29. The first-order valence-corrected chi connectivity index (χ1v) is 12.4. The normalized spacial score (nSPS) is 12.0. The molecule has 0 N–H and O–H groups in total. The number of aromatic nitrogens is 4. The number of rotatable bonds is 6. The second-order valence-corrected chi connectivity index (χ2v) is 9.44. The number of fused-ring (bicyclic) bond motifs is 3. The number of thiazole rings is 1. The molecule has 3 heterocycles. The molecule has 6 rings (SSSR count). The number of ether oxygens (including phenoxy) is 1. The Morgan fingerprint density at radius 1 is 1.06 bits per heavy atom. The van der Waals surface area contributed by atoms with Crippen LogP contribution >= 0.6 is 11.3 Å². The fraction of sp³-hybridized carbons (Fsp3) is 0.0690. The summed E-state index contributed by atoms with van der Waals surface area (Å²) in [7, 11) is 0. The van der Waals surface area contributed by atoms with E-state index in [1.54, 1.807) is 10.5 Å². The van der Waals surface area contributed by atoms with Crippen LogP contribution in [0.3, 0.4) is 0 Å². The van der Waals surface area contributed by atoms with Gasteiger partial charge in [-0.2, -0.15) is 5.10 Å². The van der Waals surface area contributed by atoms with E-state index in [-0.39, 0.29) is 5.56 Å². The van der Waals surface area contributed by atoms with E-state index in [4.69, 9.17) is 9.84 Å². The van der Waals surface area contributed by atoms with Gasteiger partial charge in [-0.15, -0.1) is 0 Å². The summed E-state index contributed by atoms with van der Waals surface area (Å²) in [5.41, 5.74) is 6.08. The number of hydrogen-bond acceptors (Lipinski definition) is 5. The summed E-state index contributed by atoms with van der Waals surface area (Å²) in [4.78, 5) is 18.7. The Balaban J connectivity index is 1.53. The van der Waals surface area contributed by atoms with Crippen molar-refractivity contribution in [1.29, 1.82) is 0 Å². The summed E-state index contributed by atoms with van der Waals surface area (Å²) in [6.45, 7) is 6.17. The summed E-state index contributed by atoms with van der Waals surface area (Å²) in [5.74, 6) is 0.805. The minimum atomic E-state index is -0.0773. The van der Waals surface area contributed by atoms with Gasteiger partial charge in [0, 0.05) is 17.3 Å². The van der Waals surface area contributed by atoms with Crippen LogP contribution < -0.4 is 14.8 Å². The van der Waals surface area contributed by atoms with Crippen LogP contribution in [-0.4, -0.2) is 25.8 Å². The third-order valence-corrected chi connectivity index (χ3v) is 6.97. The lowest BCUT2D eigenvalue weighted by atomic mass is 10.0. The topological polar surface area (TPSA) is 61.4 Å². The van der Waals surface area contributed by atoms with E-state index < -0.39 is 0 Å². The van der Waals surface area contributed by atoms with Gasteiger partial charge in [0.05, 0.1) is 21.3 Å². The molecule has 0 spiro atoms. The molecular weight excluding hydrogens is 468 g/mol. The molecule has 0 aliphatic heterocycles. The summed E-state index contributed by atoms with van der Waals surface area (Å²) in [6, 6.07) is 23.6. The van der Waals surface area contributed by atoms with Gasteiger partial charge in [0.25, 0.3) is 5.56 Å². The number of benzene rings is 3. The number of nitrogens with zero attached hydrogens (tertiary/aromatic N) is 4. The molecule has 0 bridgehead atoms. The van der Waals surface area contributed by atoms with Crippen LogP contribution in [0.4, 0.5) is 0 Å². The minimum Gasteiger partial charge on any atom is -0.489 e. The Kier molecular flexibility index (Phi) is 5.47. The Labute approximate surface area is 211 Å². The lowest BCUT2D eigenvalue weighted by Gasteiger charge is -2.08. The smallest absolute Gasteiger partial charge is 0.274 e. The van der Waals surface area contributed by atoms with E-state index in [9.17, 15) is 4.79 Å². The highest BCUT2D eigenvalue weighted by Gasteiger charge is 2.15. The van der Waals surface area contributed by atoms with Gasteiger partial charge in [-0.05, 0) is 61.0 Å². The molecule has 36 heavy (non-hydrogen) atoms. The van der Waals surface area contributed by atoms with Gasteiger partial charge in [-0.25, -0.2) is 14.1 Å². The van der Waals surface area contributed by atoms with Crippen LogP contribution in [0.1, 0.15) is 11.1 Å². The van der Waals surface area contributed by atoms with Gasteiger partial charge in [-0.1, -0.05) is 54.3 Å². The molecular formula is C29H22N4O2S. The van der Waals surface area contributed by atoms with E-state index >= 15 is 0 Å². The Morgan fingerprint density at radius 2 is 1.86 bits per heavy atom. The number of para-hydroxylation sites is 3. The van der Waals surface area contributed by atoms with Crippen LogP contribution in [-0.2, 0) is 0 Å². The average molecular weight is 491 g/mol. The molecule has 0 atom stereocenters. The summed E-state index contributed by atoms with van der Waals surface area (Å²) < 4.78 is 9.89. The second kappa shape index (κ2) is 8.94. The maximum absolute atomic E-state index is 13.4. The van der Waals surface area contributed by atoms with E-state index in [1.165, 1.54) is 11.3 Å². The molecule has 0 radical (unpaired) electrons. The number of aryl methyl sites for hydroxylation is 1. The average Bonchev–Trinajstić information content (AvgIpc) is 3.57. The van der Waals surface area contributed by atoms with Crippen LogP contribution in [0.25, 0.3) is 39.0 Å². The van der Waals surface area contributed by atoms with Gasteiger partial charge in [0.2, 0.25) is 0 Å². The summed E-state index contributed by atoms with van der Waals surface area (Å²) >= 11 is 1.39. The molecule has 0 amide bonds. The molecule has 6 nitrogen and oxygen atoms in total. The minimum absolute atomic E-state index is 0.0773. The molecule has 0 unspecified atom stereocenters. The predicted octanol–water partition coefficient (Wildman–Crippen LogP) is 5.18. The molecule has 6 aromatic rings. The molecule has 0 saturated carbocycles. The molecule has 0 saturated heterocycles. The first-order valence-electron chi connectivity index (χ1n) is 11.5. The predicted molar refractivity (Wildman–Crippen MR) is 145 cm³/mol. The first-order chi connectivity index (χ1) is 17.6. The van der Waals surface area contributed by atoms with Crippen molar-refractivity contribution >= 4 is 33.4 Å². The largest absolute Gasteiger partial charge is 0.489 e. The fourth-order valence-corrected chi connectivity index (χ4v) is 5.27. The Morgan fingerprint density at radius 3 is 2.67 bits per heavy atom. The molecule has 0 fully saturated rings. The fourth-order valence-electron chi connectivity index (χ4n) is 4.29. The zero-order chi connectivity index (χ0) is 24.6. The van der Waals surface area contributed by atoms with Crippen molar-refractivity contribution in [1.82, 2.24) is 19.2 Å². The number of hydrogen-bond donors (Lipinski definition) is 0. The van der Waals surface area contributed by atoms with Crippen molar-refractivity contribution in [2.24, 2.45) is 0 Å². The monoisotopic (exact) mass is 490 g/mol. The summed E-state index contributed by atoms with van der Waals surface area (Å²) in [5, 5.41) is 4.91.